The number of carbonyl (C=O) groups excluding carboxylic acids is 1. The minimum absolute atomic E-state index is 0.0919. The number of halogens is 2. The number of Topliss-reactive ketones (excluding diaryl/α,β-unsaturated/α-hetero) is 1. The van der Waals surface area contributed by atoms with Gasteiger partial charge in [0.15, 0.2) is 15.6 Å². The number of benzene rings is 1. The molecule has 88 valence electrons. The highest BCUT2D eigenvalue weighted by Gasteiger charge is 2.14. The summed E-state index contributed by atoms with van der Waals surface area (Å²) in [6, 6.07) is 4.31. The molecule has 0 N–H and O–H groups in total. The van der Waals surface area contributed by atoms with Crippen molar-refractivity contribution in [3.8, 4) is 0 Å². The van der Waals surface area contributed by atoms with Crippen LogP contribution in [0.1, 0.15) is 5.56 Å². The molecule has 0 saturated heterocycles. The van der Waals surface area contributed by atoms with Crippen molar-refractivity contribution in [1.29, 1.82) is 0 Å². The van der Waals surface area contributed by atoms with E-state index in [9.17, 15) is 17.6 Å². The molecule has 3 nitrogen and oxygen atoms in total. The van der Waals surface area contributed by atoms with Gasteiger partial charge >= 0.3 is 0 Å². The number of rotatable bonds is 4. The fourth-order valence-corrected chi connectivity index (χ4v) is 2.33. The lowest BCUT2D eigenvalue weighted by atomic mass is 10.1. The van der Waals surface area contributed by atoms with E-state index in [0.29, 0.717) is 5.56 Å². The first-order valence-electron chi connectivity index (χ1n) is 4.42. The molecule has 0 fully saturated rings. The minimum Gasteiger partial charge on any atom is -0.298 e. The first kappa shape index (κ1) is 13.3. The summed E-state index contributed by atoms with van der Waals surface area (Å²) in [5.41, 5.74) is 0.452. The van der Waals surface area contributed by atoms with E-state index in [4.69, 9.17) is 0 Å². The van der Waals surface area contributed by atoms with E-state index in [1.165, 1.54) is 12.1 Å². The molecule has 0 aliphatic heterocycles. The SMILES string of the molecule is CS(=O)(=O)CC(=O)Cc1cccc(F)c1Br. The van der Waals surface area contributed by atoms with Crippen molar-refractivity contribution in [2.75, 3.05) is 12.0 Å². The van der Waals surface area contributed by atoms with Crippen molar-refractivity contribution >= 4 is 31.6 Å². The molecular formula is C10H10BrFO3S. The third-order valence-corrected chi connectivity index (χ3v) is 3.58. The third-order valence-electron chi connectivity index (χ3n) is 1.84. The van der Waals surface area contributed by atoms with E-state index in [1.54, 1.807) is 6.07 Å². The highest BCUT2D eigenvalue weighted by atomic mass is 79.9. The summed E-state index contributed by atoms with van der Waals surface area (Å²) in [5.74, 6) is -1.44. The van der Waals surface area contributed by atoms with E-state index >= 15 is 0 Å². The van der Waals surface area contributed by atoms with Crippen LogP contribution in [-0.4, -0.2) is 26.2 Å². The zero-order valence-electron chi connectivity index (χ0n) is 8.54. The standard InChI is InChI=1S/C10H10BrFO3S/c1-16(14,15)6-8(13)5-7-3-2-4-9(12)10(7)11/h2-4H,5-6H2,1H3. The van der Waals surface area contributed by atoms with Crippen LogP contribution in [0.2, 0.25) is 0 Å². The predicted octanol–water partition coefficient (Wildman–Crippen LogP) is 1.74. The van der Waals surface area contributed by atoms with Gasteiger partial charge in [0.1, 0.15) is 11.6 Å². The summed E-state index contributed by atoms with van der Waals surface area (Å²) < 4.78 is 35.1. The number of ketones is 1. The predicted molar refractivity (Wildman–Crippen MR) is 62.5 cm³/mol. The second-order valence-electron chi connectivity index (χ2n) is 3.50. The van der Waals surface area contributed by atoms with Gasteiger partial charge in [0, 0.05) is 12.7 Å². The molecule has 0 aromatic heterocycles. The molecule has 0 saturated carbocycles. The van der Waals surface area contributed by atoms with Gasteiger partial charge in [0.2, 0.25) is 0 Å². The maximum absolute atomic E-state index is 13.1. The lowest BCUT2D eigenvalue weighted by Gasteiger charge is -2.04. The normalized spacial score (nSPS) is 11.4. The van der Waals surface area contributed by atoms with Crippen LogP contribution in [0, 0.1) is 5.82 Å². The topological polar surface area (TPSA) is 51.2 Å². The third kappa shape index (κ3) is 4.02. The van der Waals surface area contributed by atoms with Crippen LogP contribution < -0.4 is 0 Å². The van der Waals surface area contributed by atoms with Crippen LogP contribution in [0.15, 0.2) is 22.7 Å². The maximum atomic E-state index is 13.1. The van der Waals surface area contributed by atoms with Gasteiger partial charge in [-0.15, -0.1) is 0 Å². The Balaban J connectivity index is 2.82. The maximum Gasteiger partial charge on any atom is 0.154 e. The van der Waals surface area contributed by atoms with E-state index in [0.717, 1.165) is 6.26 Å². The average Bonchev–Trinajstić information content (AvgIpc) is 2.09. The smallest absolute Gasteiger partial charge is 0.154 e. The molecule has 0 radical (unpaired) electrons. The first-order chi connectivity index (χ1) is 7.29. The Kier molecular flexibility index (Phi) is 4.21. The van der Waals surface area contributed by atoms with Crippen LogP contribution in [0.25, 0.3) is 0 Å². The van der Waals surface area contributed by atoms with Crippen LogP contribution in [0.4, 0.5) is 4.39 Å². The lowest BCUT2D eigenvalue weighted by Crippen LogP contribution is -2.16. The van der Waals surface area contributed by atoms with Gasteiger partial charge in [-0.1, -0.05) is 12.1 Å². The molecule has 0 heterocycles. The molecule has 0 aliphatic carbocycles. The number of sulfone groups is 1. The molecule has 0 unspecified atom stereocenters. The summed E-state index contributed by atoms with van der Waals surface area (Å²) in [6.45, 7) is 0. The van der Waals surface area contributed by atoms with Gasteiger partial charge in [0.25, 0.3) is 0 Å². The fourth-order valence-electron chi connectivity index (χ4n) is 1.24. The highest BCUT2D eigenvalue weighted by Crippen LogP contribution is 2.20. The number of carbonyl (C=O) groups is 1. The molecule has 1 aromatic rings. The molecule has 0 aliphatic rings. The van der Waals surface area contributed by atoms with Crippen LogP contribution >= 0.6 is 15.9 Å². The van der Waals surface area contributed by atoms with E-state index in [1.807, 2.05) is 0 Å². The van der Waals surface area contributed by atoms with Crippen molar-refractivity contribution in [1.82, 2.24) is 0 Å². The van der Waals surface area contributed by atoms with E-state index in [2.05, 4.69) is 15.9 Å². The zero-order chi connectivity index (χ0) is 12.3. The first-order valence-corrected chi connectivity index (χ1v) is 7.27. The van der Waals surface area contributed by atoms with Gasteiger partial charge in [-0.25, -0.2) is 12.8 Å². The Morgan fingerprint density at radius 1 is 1.44 bits per heavy atom. The summed E-state index contributed by atoms with van der Waals surface area (Å²) in [5, 5.41) is 0. The van der Waals surface area contributed by atoms with Crippen molar-refractivity contribution in [2.45, 2.75) is 6.42 Å². The number of hydrogen-bond donors (Lipinski definition) is 0. The van der Waals surface area contributed by atoms with Crippen molar-refractivity contribution in [3.63, 3.8) is 0 Å². The van der Waals surface area contributed by atoms with Gasteiger partial charge in [-0.05, 0) is 27.6 Å². The zero-order valence-corrected chi connectivity index (χ0v) is 10.9. The Morgan fingerprint density at radius 3 is 2.62 bits per heavy atom. The Labute approximate surface area is 102 Å². The second kappa shape index (κ2) is 5.05. The molecule has 0 bridgehead atoms. The molecule has 1 rings (SSSR count). The molecule has 0 amide bonds. The largest absolute Gasteiger partial charge is 0.298 e. The van der Waals surface area contributed by atoms with E-state index in [-0.39, 0.29) is 10.9 Å². The van der Waals surface area contributed by atoms with Crippen LogP contribution in [0.3, 0.4) is 0 Å². The Bertz CT molecular complexity index is 511. The fraction of sp³-hybridized carbons (Fsp3) is 0.300. The molecule has 1 aromatic carbocycles. The molecule has 6 heteroatoms. The minimum atomic E-state index is -3.33. The summed E-state index contributed by atoms with van der Waals surface area (Å²) >= 11 is 3.01. The molecule has 16 heavy (non-hydrogen) atoms. The van der Waals surface area contributed by atoms with Gasteiger partial charge < -0.3 is 0 Å². The quantitative estimate of drug-likeness (QED) is 0.851. The van der Waals surface area contributed by atoms with E-state index < -0.39 is 27.2 Å². The Morgan fingerprint density at radius 2 is 2.06 bits per heavy atom. The van der Waals surface area contributed by atoms with Gasteiger partial charge in [-0.2, -0.15) is 0 Å². The van der Waals surface area contributed by atoms with Crippen LogP contribution in [-0.2, 0) is 21.1 Å². The summed E-state index contributed by atoms with van der Waals surface area (Å²) in [6.07, 6.45) is 0.900. The van der Waals surface area contributed by atoms with Gasteiger partial charge in [-0.3, -0.25) is 4.79 Å². The van der Waals surface area contributed by atoms with Gasteiger partial charge in [0.05, 0.1) is 4.47 Å². The van der Waals surface area contributed by atoms with Crippen molar-refractivity contribution in [2.24, 2.45) is 0 Å². The molecule has 0 spiro atoms. The number of hydrogen-bond acceptors (Lipinski definition) is 3. The monoisotopic (exact) mass is 308 g/mol. The highest BCUT2D eigenvalue weighted by molar-refractivity contribution is 9.10. The van der Waals surface area contributed by atoms with Crippen molar-refractivity contribution in [3.05, 3.63) is 34.1 Å². The lowest BCUT2D eigenvalue weighted by molar-refractivity contribution is -0.116. The summed E-state index contributed by atoms with van der Waals surface area (Å²) in [4.78, 5) is 11.4. The Hall–Kier alpha value is -0.750. The average molecular weight is 309 g/mol. The second-order valence-corrected chi connectivity index (χ2v) is 6.43. The van der Waals surface area contributed by atoms with Crippen LogP contribution in [0.5, 0.6) is 0 Å². The van der Waals surface area contributed by atoms with Crippen molar-refractivity contribution < 1.29 is 17.6 Å². The summed E-state index contributed by atoms with van der Waals surface area (Å²) in [7, 11) is -3.33. The molecule has 0 atom stereocenters. The molecular weight excluding hydrogens is 299 g/mol.